The van der Waals surface area contributed by atoms with Crippen LogP contribution >= 0.6 is 0 Å². The molecule has 0 unspecified atom stereocenters. The smallest absolute Gasteiger partial charge is 0.235 e. The molecule has 0 radical (unpaired) electrons. The Hall–Kier alpha value is -2.55. The molecule has 140 valence electrons. The van der Waals surface area contributed by atoms with E-state index in [4.69, 9.17) is 0 Å². The lowest BCUT2D eigenvalue weighted by Crippen LogP contribution is -2.37. The van der Waals surface area contributed by atoms with Crippen LogP contribution in [0.5, 0.6) is 0 Å². The standard InChI is InChI=1S/C24H28N2O/c1-23(2,3)21-16-17-15-19(11-12-20(17)26-21)25-22(27)24(13-7-8-14-24)18-9-5-4-6-10-18/h4-6,9-12,15-16,26H,7-8,13-14H2,1-3H3,(H,25,27). The van der Waals surface area contributed by atoms with Gasteiger partial charge in [-0.3, -0.25) is 4.79 Å². The number of nitrogens with one attached hydrogen (secondary N) is 2. The molecule has 1 aliphatic carbocycles. The van der Waals surface area contributed by atoms with Crippen LogP contribution in [0, 0.1) is 0 Å². The van der Waals surface area contributed by atoms with Gasteiger partial charge in [0.25, 0.3) is 0 Å². The highest BCUT2D eigenvalue weighted by molar-refractivity contribution is 6.00. The van der Waals surface area contributed by atoms with E-state index in [1.165, 1.54) is 5.69 Å². The van der Waals surface area contributed by atoms with Crippen molar-refractivity contribution in [3.05, 3.63) is 65.9 Å². The normalized spacial score (nSPS) is 16.6. The van der Waals surface area contributed by atoms with Crippen LogP contribution in [0.4, 0.5) is 5.69 Å². The van der Waals surface area contributed by atoms with Gasteiger partial charge in [-0.25, -0.2) is 0 Å². The van der Waals surface area contributed by atoms with Gasteiger partial charge in [-0.15, -0.1) is 0 Å². The van der Waals surface area contributed by atoms with Crippen LogP contribution in [0.2, 0.25) is 0 Å². The maximum atomic E-state index is 13.3. The van der Waals surface area contributed by atoms with Crippen LogP contribution in [0.25, 0.3) is 10.9 Å². The topological polar surface area (TPSA) is 44.9 Å². The van der Waals surface area contributed by atoms with E-state index in [-0.39, 0.29) is 11.3 Å². The number of carbonyl (C=O) groups is 1. The summed E-state index contributed by atoms with van der Waals surface area (Å²) in [6.07, 6.45) is 4.05. The first-order chi connectivity index (χ1) is 12.9. The molecule has 1 saturated carbocycles. The van der Waals surface area contributed by atoms with Crippen molar-refractivity contribution in [1.29, 1.82) is 0 Å². The summed E-state index contributed by atoms with van der Waals surface area (Å²) in [6.45, 7) is 6.60. The van der Waals surface area contributed by atoms with E-state index in [9.17, 15) is 4.79 Å². The van der Waals surface area contributed by atoms with E-state index in [0.29, 0.717) is 0 Å². The molecular formula is C24H28N2O. The monoisotopic (exact) mass is 360 g/mol. The molecular weight excluding hydrogens is 332 g/mol. The Labute approximate surface area is 161 Å². The first-order valence-electron chi connectivity index (χ1n) is 9.89. The third-order valence-corrected chi connectivity index (χ3v) is 5.90. The van der Waals surface area contributed by atoms with E-state index in [2.05, 4.69) is 61.4 Å². The SMILES string of the molecule is CC(C)(C)c1cc2cc(NC(=O)C3(c4ccccc4)CCCC3)ccc2[nH]1. The van der Waals surface area contributed by atoms with Crippen molar-refractivity contribution in [2.45, 2.75) is 57.3 Å². The highest BCUT2D eigenvalue weighted by Gasteiger charge is 2.42. The van der Waals surface area contributed by atoms with Gasteiger partial charge in [0, 0.05) is 27.7 Å². The molecule has 0 aliphatic heterocycles. The van der Waals surface area contributed by atoms with Gasteiger partial charge in [0.05, 0.1) is 5.41 Å². The largest absolute Gasteiger partial charge is 0.358 e. The predicted octanol–water partition coefficient (Wildman–Crippen LogP) is 5.92. The minimum Gasteiger partial charge on any atom is -0.358 e. The summed E-state index contributed by atoms with van der Waals surface area (Å²) < 4.78 is 0. The summed E-state index contributed by atoms with van der Waals surface area (Å²) in [5, 5.41) is 4.35. The lowest BCUT2D eigenvalue weighted by Gasteiger charge is -2.28. The van der Waals surface area contributed by atoms with Gasteiger partial charge >= 0.3 is 0 Å². The van der Waals surface area contributed by atoms with Crippen LogP contribution in [-0.2, 0) is 15.6 Å². The van der Waals surface area contributed by atoms with Gasteiger partial charge in [-0.2, -0.15) is 0 Å². The molecule has 0 saturated heterocycles. The van der Waals surface area contributed by atoms with Crippen molar-refractivity contribution in [3.63, 3.8) is 0 Å². The molecule has 1 amide bonds. The van der Waals surface area contributed by atoms with Gasteiger partial charge in [0.1, 0.15) is 0 Å². The van der Waals surface area contributed by atoms with E-state index in [1.807, 2.05) is 24.3 Å². The van der Waals surface area contributed by atoms with Gasteiger partial charge in [-0.05, 0) is 42.7 Å². The van der Waals surface area contributed by atoms with Crippen molar-refractivity contribution in [1.82, 2.24) is 4.98 Å². The molecule has 3 heteroatoms. The first-order valence-corrected chi connectivity index (χ1v) is 9.89. The van der Waals surface area contributed by atoms with E-state index in [0.717, 1.165) is 47.8 Å². The molecule has 1 aromatic heterocycles. The molecule has 1 heterocycles. The van der Waals surface area contributed by atoms with Gasteiger partial charge in [0.2, 0.25) is 5.91 Å². The molecule has 27 heavy (non-hydrogen) atoms. The molecule has 0 spiro atoms. The highest BCUT2D eigenvalue weighted by atomic mass is 16.2. The molecule has 2 N–H and O–H groups in total. The summed E-state index contributed by atoms with van der Waals surface area (Å²) in [5.41, 5.74) is 4.00. The van der Waals surface area contributed by atoms with Crippen molar-refractivity contribution >= 4 is 22.5 Å². The number of aromatic nitrogens is 1. The second-order valence-corrected chi connectivity index (χ2v) is 8.84. The van der Waals surface area contributed by atoms with Crippen LogP contribution in [-0.4, -0.2) is 10.9 Å². The fourth-order valence-electron chi connectivity index (χ4n) is 4.25. The fraction of sp³-hybridized carbons (Fsp3) is 0.375. The number of hydrogen-bond donors (Lipinski definition) is 2. The summed E-state index contributed by atoms with van der Waals surface area (Å²) in [6, 6.07) is 18.6. The number of hydrogen-bond acceptors (Lipinski definition) is 1. The number of anilines is 1. The van der Waals surface area contributed by atoms with Crippen molar-refractivity contribution in [2.75, 3.05) is 5.32 Å². The highest BCUT2D eigenvalue weighted by Crippen LogP contribution is 2.42. The Morgan fingerprint density at radius 2 is 1.70 bits per heavy atom. The maximum absolute atomic E-state index is 13.3. The molecule has 0 atom stereocenters. The van der Waals surface area contributed by atoms with Crippen molar-refractivity contribution < 1.29 is 4.79 Å². The van der Waals surface area contributed by atoms with Crippen LogP contribution < -0.4 is 5.32 Å². The zero-order valence-electron chi connectivity index (χ0n) is 16.4. The second-order valence-electron chi connectivity index (χ2n) is 8.84. The zero-order valence-corrected chi connectivity index (χ0v) is 16.4. The Kier molecular flexibility index (Phi) is 4.33. The molecule has 3 aromatic rings. The van der Waals surface area contributed by atoms with Crippen molar-refractivity contribution in [3.8, 4) is 0 Å². The number of H-pyrrole nitrogens is 1. The molecule has 0 bridgehead atoms. The second kappa shape index (κ2) is 6.56. The van der Waals surface area contributed by atoms with E-state index >= 15 is 0 Å². The number of carbonyl (C=O) groups excluding carboxylic acids is 1. The third-order valence-electron chi connectivity index (χ3n) is 5.90. The van der Waals surface area contributed by atoms with Crippen molar-refractivity contribution in [2.24, 2.45) is 0 Å². The summed E-state index contributed by atoms with van der Waals surface area (Å²) in [7, 11) is 0. The molecule has 4 rings (SSSR count). The summed E-state index contributed by atoms with van der Waals surface area (Å²) >= 11 is 0. The molecule has 1 fully saturated rings. The Balaban J connectivity index is 1.63. The minimum absolute atomic E-state index is 0.0731. The third kappa shape index (κ3) is 3.27. The first kappa shape index (κ1) is 17.8. The van der Waals surface area contributed by atoms with E-state index < -0.39 is 5.41 Å². The van der Waals surface area contributed by atoms with Gasteiger partial charge in [0.15, 0.2) is 0 Å². The quantitative estimate of drug-likeness (QED) is 0.598. The van der Waals surface area contributed by atoms with Gasteiger partial charge < -0.3 is 10.3 Å². The number of benzene rings is 2. The molecule has 3 nitrogen and oxygen atoms in total. The fourth-order valence-corrected chi connectivity index (χ4v) is 4.25. The maximum Gasteiger partial charge on any atom is 0.235 e. The summed E-state index contributed by atoms with van der Waals surface area (Å²) in [4.78, 5) is 16.8. The van der Waals surface area contributed by atoms with Crippen LogP contribution in [0.3, 0.4) is 0 Å². The Bertz CT molecular complexity index is 957. The van der Waals surface area contributed by atoms with E-state index in [1.54, 1.807) is 0 Å². The lowest BCUT2D eigenvalue weighted by atomic mass is 9.78. The average molecular weight is 361 g/mol. The number of rotatable bonds is 3. The van der Waals surface area contributed by atoms with Gasteiger partial charge in [-0.1, -0.05) is 63.9 Å². The lowest BCUT2D eigenvalue weighted by molar-refractivity contribution is -0.121. The molecule has 2 aromatic carbocycles. The Morgan fingerprint density at radius 3 is 2.37 bits per heavy atom. The molecule has 1 aliphatic rings. The number of amides is 1. The van der Waals surface area contributed by atoms with Crippen LogP contribution in [0.15, 0.2) is 54.6 Å². The number of fused-ring (bicyclic) bond motifs is 1. The van der Waals surface area contributed by atoms with Crippen LogP contribution in [0.1, 0.15) is 57.7 Å². The summed E-state index contributed by atoms with van der Waals surface area (Å²) in [5.74, 6) is 0.122. The minimum atomic E-state index is -0.398. The predicted molar refractivity (Wildman–Crippen MR) is 112 cm³/mol. The average Bonchev–Trinajstić information content (AvgIpc) is 3.30. The zero-order chi connectivity index (χ0) is 19.1. The number of aromatic amines is 1. The Morgan fingerprint density at radius 1 is 1.00 bits per heavy atom.